The average Bonchev–Trinajstić information content (AvgIpc) is 3.16. The minimum atomic E-state index is 0.00693. The molecule has 4 aromatic carbocycles. The maximum Gasteiger partial charge on any atom is 0.0547 e. The van der Waals surface area contributed by atoms with E-state index in [1.807, 2.05) is 0 Å². The minimum Gasteiger partial charge on any atom is -0.309 e. The molecule has 0 saturated carbocycles. The van der Waals surface area contributed by atoms with Gasteiger partial charge in [-0.15, -0.1) is 0 Å². The summed E-state index contributed by atoms with van der Waals surface area (Å²) in [6, 6.07) is 27.6. The molecule has 0 unspecified atom stereocenters. The number of aryl methyl sites for hydroxylation is 3. The molecule has 1 aliphatic carbocycles. The predicted octanol–water partition coefficient (Wildman–Crippen LogP) is 8.02. The largest absolute Gasteiger partial charge is 0.309 e. The van der Waals surface area contributed by atoms with Gasteiger partial charge in [0.2, 0.25) is 0 Å². The van der Waals surface area contributed by atoms with E-state index in [9.17, 15) is 0 Å². The highest BCUT2D eigenvalue weighted by Gasteiger charge is 2.36. The van der Waals surface area contributed by atoms with Crippen LogP contribution in [0.1, 0.15) is 41.7 Å². The van der Waals surface area contributed by atoms with Crippen molar-refractivity contribution < 1.29 is 0 Å². The molecule has 0 fully saturated rings. The van der Waals surface area contributed by atoms with E-state index in [1.165, 1.54) is 66.4 Å². The number of rotatable bonds is 1. The molecule has 31 heavy (non-hydrogen) atoms. The van der Waals surface area contributed by atoms with Gasteiger partial charge in [-0.3, -0.25) is 0 Å². The Morgan fingerprint density at radius 3 is 1.94 bits per heavy atom. The van der Waals surface area contributed by atoms with Gasteiger partial charge in [0.1, 0.15) is 0 Å². The Morgan fingerprint density at radius 2 is 1.16 bits per heavy atom. The third-order valence-electron chi connectivity index (χ3n) is 7.16. The summed E-state index contributed by atoms with van der Waals surface area (Å²) in [6.45, 7) is 11.3. The summed E-state index contributed by atoms with van der Waals surface area (Å²) in [5.74, 6) is 0. The topological polar surface area (TPSA) is 4.93 Å². The van der Waals surface area contributed by atoms with Crippen molar-refractivity contribution in [1.29, 1.82) is 0 Å². The summed E-state index contributed by atoms with van der Waals surface area (Å²) in [4.78, 5) is 0. The Morgan fingerprint density at radius 1 is 0.548 bits per heavy atom. The van der Waals surface area contributed by atoms with Gasteiger partial charge in [0.15, 0.2) is 0 Å². The molecule has 152 valence electrons. The van der Waals surface area contributed by atoms with Crippen LogP contribution in [0.5, 0.6) is 0 Å². The third kappa shape index (κ3) is 2.50. The van der Waals surface area contributed by atoms with Crippen molar-refractivity contribution in [2.45, 2.75) is 40.0 Å². The Labute approximate surface area is 184 Å². The van der Waals surface area contributed by atoms with E-state index >= 15 is 0 Å². The number of benzene rings is 4. The van der Waals surface area contributed by atoms with E-state index in [4.69, 9.17) is 0 Å². The van der Waals surface area contributed by atoms with Gasteiger partial charge in [0, 0.05) is 21.9 Å². The maximum atomic E-state index is 2.46. The van der Waals surface area contributed by atoms with Crippen LogP contribution < -0.4 is 0 Å². The lowest BCUT2D eigenvalue weighted by Gasteiger charge is -2.22. The monoisotopic (exact) mass is 401 g/mol. The molecule has 0 aliphatic heterocycles. The second-order valence-corrected chi connectivity index (χ2v) is 9.78. The summed E-state index contributed by atoms with van der Waals surface area (Å²) in [7, 11) is 0. The molecular weight excluding hydrogens is 374 g/mol. The number of hydrogen-bond donors (Lipinski definition) is 0. The Bertz CT molecular complexity index is 1510. The third-order valence-corrected chi connectivity index (χ3v) is 7.16. The number of nitrogens with zero attached hydrogens (tertiary/aromatic N) is 1. The summed E-state index contributed by atoms with van der Waals surface area (Å²) in [6.07, 6.45) is 0. The van der Waals surface area contributed by atoms with Crippen LogP contribution in [0.2, 0.25) is 0 Å². The first-order chi connectivity index (χ1) is 14.8. The van der Waals surface area contributed by atoms with Crippen LogP contribution in [0.3, 0.4) is 0 Å². The molecule has 0 radical (unpaired) electrons. The zero-order valence-corrected chi connectivity index (χ0v) is 18.9. The first-order valence-corrected chi connectivity index (χ1v) is 11.1. The SMILES string of the molecule is Cc1ccc(-n2c3ccc(C)cc3c3cc4c(cc32)-c2ccc(C)cc2C4(C)C)cc1. The molecule has 0 saturated heterocycles. The van der Waals surface area contributed by atoms with Gasteiger partial charge >= 0.3 is 0 Å². The zero-order valence-electron chi connectivity index (χ0n) is 18.9. The quantitative estimate of drug-likeness (QED) is 0.268. The minimum absolute atomic E-state index is 0.00693. The molecule has 6 rings (SSSR count). The first-order valence-electron chi connectivity index (χ1n) is 11.1. The van der Waals surface area contributed by atoms with Crippen molar-refractivity contribution in [1.82, 2.24) is 4.57 Å². The zero-order chi connectivity index (χ0) is 21.5. The smallest absolute Gasteiger partial charge is 0.0547 e. The first kappa shape index (κ1) is 18.4. The number of hydrogen-bond acceptors (Lipinski definition) is 0. The van der Waals surface area contributed by atoms with Crippen molar-refractivity contribution in [3.63, 3.8) is 0 Å². The second-order valence-electron chi connectivity index (χ2n) is 9.78. The van der Waals surface area contributed by atoms with E-state index in [0.717, 1.165) is 0 Å². The van der Waals surface area contributed by atoms with Crippen LogP contribution in [0.4, 0.5) is 0 Å². The Kier molecular flexibility index (Phi) is 3.63. The molecule has 0 amide bonds. The maximum absolute atomic E-state index is 2.46. The fourth-order valence-corrected chi connectivity index (χ4v) is 5.45. The fraction of sp³-hybridized carbons (Fsp3) is 0.200. The number of fused-ring (bicyclic) bond motifs is 6. The highest BCUT2D eigenvalue weighted by Crippen LogP contribution is 2.51. The Balaban J connectivity index is 1.77. The lowest BCUT2D eigenvalue weighted by Crippen LogP contribution is -2.15. The van der Waals surface area contributed by atoms with Crippen molar-refractivity contribution in [2.24, 2.45) is 0 Å². The van der Waals surface area contributed by atoms with Gasteiger partial charge in [-0.05, 0) is 79.4 Å². The standard InChI is InChI=1S/C30H27N/c1-18-6-10-21(11-7-18)31-28-13-9-19(2)14-24(28)25-16-27-23(17-29(25)31)22-12-8-20(3)15-26(22)30(27,4)5/h6-17H,1-5H3. The highest BCUT2D eigenvalue weighted by atomic mass is 15.0. The molecule has 1 heterocycles. The normalized spacial score (nSPS) is 14.2. The van der Waals surface area contributed by atoms with E-state index in [1.54, 1.807) is 0 Å². The van der Waals surface area contributed by atoms with Crippen LogP contribution in [-0.4, -0.2) is 4.57 Å². The molecule has 0 atom stereocenters. The van der Waals surface area contributed by atoms with Crippen LogP contribution >= 0.6 is 0 Å². The molecule has 0 bridgehead atoms. The predicted molar refractivity (Wildman–Crippen MR) is 133 cm³/mol. The van der Waals surface area contributed by atoms with Crippen LogP contribution in [0, 0.1) is 20.8 Å². The van der Waals surface area contributed by atoms with Gasteiger partial charge in [-0.2, -0.15) is 0 Å². The van der Waals surface area contributed by atoms with Crippen molar-refractivity contribution in [2.75, 3.05) is 0 Å². The van der Waals surface area contributed by atoms with Gasteiger partial charge in [-0.1, -0.05) is 66.9 Å². The van der Waals surface area contributed by atoms with Crippen molar-refractivity contribution >= 4 is 21.8 Å². The van der Waals surface area contributed by atoms with E-state index in [0.29, 0.717) is 0 Å². The molecule has 1 heteroatoms. The summed E-state index contributed by atoms with van der Waals surface area (Å²) in [5.41, 5.74) is 13.3. The van der Waals surface area contributed by atoms with Gasteiger partial charge < -0.3 is 4.57 Å². The lowest BCUT2D eigenvalue weighted by molar-refractivity contribution is 0.660. The van der Waals surface area contributed by atoms with E-state index in [-0.39, 0.29) is 5.41 Å². The van der Waals surface area contributed by atoms with Crippen LogP contribution in [0.15, 0.2) is 72.8 Å². The highest BCUT2D eigenvalue weighted by molar-refractivity contribution is 6.11. The molecular formula is C30H27N. The lowest BCUT2D eigenvalue weighted by atomic mass is 9.81. The van der Waals surface area contributed by atoms with Gasteiger partial charge in [0.25, 0.3) is 0 Å². The average molecular weight is 402 g/mol. The van der Waals surface area contributed by atoms with Crippen LogP contribution in [0.25, 0.3) is 38.6 Å². The summed E-state index contributed by atoms with van der Waals surface area (Å²) >= 11 is 0. The summed E-state index contributed by atoms with van der Waals surface area (Å²) < 4.78 is 2.43. The van der Waals surface area contributed by atoms with Gasteiger partial charge in [0.05, 0.1) is 11.0 Å². The molecule has 1 aromatic heterocycles. The fourth-order valence-electron chi connectivity index (χ4n) is 5.45. The van der Waals surface area contributed by atoms with Gasteiger partial charge in [-0.25, -0.2) is 0 Å². The summed E-state index contributed by atoms with van der Waals surface area (Å²) in [5, 5.41) is 2.68. The van der Waals surface area contributed by atoms with Crippen molar-refractivity contribution in [3.8, 4) is 16.8 Å². The second kappa shape index (κ2) is 6.11. The van der Waals surface area contributed by atoms with E-state index in [2.05, 4.69) is 112 Å². The Hall–Kier alpha value is -3.32. The van der Waals surface area contributed by atoms with E-state index < -0.39 is 0 Å². The molecule has 1 nitrogen and oxygen atoms in total. The van der Waals surface area contributed by atoms with Crippen LogP contribution in [-0.2, 0) is 5.41 Å². The molecule has 0 spiro atoms. The van der Waals surface area contributed by atoms with Crippen molar-refractivity contribution in [3.05, 3.63) is 101 Å². The molecule has 0 N–H and O–H groups in total. The number of aromatic nitrogens is 1. The molecule has 5 aromatic rings. The molecule has 1 aliphatic rings.